The molecule has 0 spiro atoms. The molecule has 0 heterocycles. The average Bonchev–Trinajstić information content (AvgIpc) is 3.55. The Hall–Kier alpha value is -7.94. The van der Waals surface area contributed by atoms with E-state index >= 15 is 0 Å². The number of hydrogen-bond acceptors (Lipinski definition) is 2. The number of nitrogens with zero attached hydrogens (tertiary/aromatic N) is 2. The number of anilines is 6. The van der Waals surface area contributed by atoms with E-state index in [1.165, 1.54) is 76.5 Å². The van der Waals surface area contributed by atoms with Crippen molar-refractivity contribution in [2.24, 2.45) is 0 Å². The normalized spacial score (nSPS) is 12.7. The maximum atomic E-state index is 2.46. The van der Waals surface area contributed by atoms with E-state index in [1.54, 1.807) is 0 Å². The minimum Gasteiger partial charge on any atom is -0.310 e. The number of hydrogen-bond donors (Lipinski definition) is 0. The van der Waals surface area contributed by atoms with Crippen molar-refractivity contribution in [2.75, 3.05) is 9.80 Å². The number of fused-ring (bicyclic) bond motifs is 8. The zero-order chi connectivity index (χ0) is 42.1. The Morgan fingerprint density at radius 3 is 1.65 bits per heavy atom. The summed E-state index contributed by atoms with van der Waals surface area (Å²) < 4.78 is 0. The van der Waals surface area contributed by atoms with E-state index in [1.807, 2.05) is 0 Å². The van der Waals surface area contributed by atoms with E-state index in [9.17, 15) is 0 Å². The highest BCUT2D eigenvalue weighted by atomic mass is 15.2. The van der Waals surface area contributed by atoms with Gasteiger partial charge in [0.05, 0.1) is 11.4 Å². The Morgan fingerprint density at radius 2 is 0.857 bits per heavy atom. The summed E-state index contributed by atoms with van der Waals surface area (Å²) in [6.45, 7) is 4.77. The van der Waals surface area contributed by atoms with Crippen LogP contribution < -0.4 is 9.80 Å². The molecule has 2 heteroatoms. The lowest BCUT2D eigenvalue weighted by Crippen LogP contribution is -2.16. The molecule has 0 radical (unpaired) electrons. The second-order valence-corrected chi connectivity index (χ2v) is 17.4. The van der Waals surface area contributed by atoms with Crippen LogP contribution in [-0.4, -0.2) is 0 Å². The van der Waals surface area contributed by atoms with E-state index in [4.69, 9.17) is 0 Å². The van der Waals surface area contributed by atoms with Gasteiger partial charge in [-0.05, 0) is 138 Å². The number of rotatable bonds is 7. The minimum atomic E-state index is -0.183. The van der Waals surface area contributed by atoms with E-state index in [2.05, 4.69) is 254 Å². The topological polar surface area (TPSA) is 6.48 Å². The van der Waals surface area contributed by atoms with Crippen LogP contribution in [0.25, 0.3) is 65.3 Å². The summed E-state index contributed by atoms with van der Waals surface area (Å²) in [7, 11) is 0. The lowest BCUT2D eigenvalue weighted by molar-refractivity contribution is 0.661. The van der Waals surface area contributed by atoms with Crippen LogP contribution in [0.3, 0.4) is 0 Å². The molecule has 0 unspecified atom stereocenters. The van der Waals surface area contributed by atoms with Crippen molar-refractivity contribution in [3.05, 3.63) is 242 Å². The van der Waals surface area contributed by atoms with Gasteiger partial charge in [-0.25, -0.2) is 0 Å². The summed E-state index contributed by atoms with van der Waals surface area (Å²) in [5.74, 6) is 0. The van der Waals surface area contributed by atoms with Gasteiger partial charge in [0.2, 0.25) is 0 Å². The van der Waals surface area contributed by atoms with Crippen LogP contribution >= 0.6 is 0 Å². The first-order chi connectivity index (χ1) is 31.0. The van der Waals surface area contributed by atoms with Gasteiger partial charge in [-0.2, -0.15) is 0 Å². The van der Waals surface area contributed by atoms with Crippen LogP contribution in [0, 0.1) is 0 Å². The highest BCUT2D eigenvalue weighted by molar-refractivity contribution is 6.16. The SMILES string of the molecule is CC1(C)c2cc(N(c3ccc4ccccc4c3)c3ccc4c(c3)c(N(c3ccccc3)c3ccccc3-c3ccccc3)cc3ccccc34)ccc2-c2cc3ccccc3cc21. The quantitative estimate of drug-likeness (QED) is 0.148. The summed E-state index contributed by atoms with van der Waals surface area (Å²) in [6, 6.07) is 84.9. The van der Waals surface area contributed by atoms with Crippen LogP contribution in [-0.2, 0) is 5.41 Å². The first kappa shape index (κ1) is 36.9. The molecule has 2 nitrogen and oxygen atoms in total. The number of para-hydroxylation sites is 2. The molecule has 12 rings (SSSR count). The highest BCUT2D eigenvalue weighted by Gasteiger charge is 2.36. The molecule has 0 bridgehead atoms. The summed E-state index contributed by atoms with van der Waals surface area (Å²) >= 11 is 0. The maximum absolute atomic E-state index is 2.46. The van der Waals surface area contributed by atoms with E-state index in [0.29, 0.717) is 0 Å². The molecule has 11 aromatic rings. The van der Waals surface area contributed by atoms with Crippen molar-refractivity contribution < 1.29 is 0 Å². The van der Waals surface area contributed by atoms with Gasteiger partial charge in [0.15, 0.2) is 0 Å². The van der Waals surface area contributed by atoms with Crippen LogP contribution in [0.4, 0.5) is 34.1 Å². The first-order valence-electron chi connectivity index (χ1n) is 21.9. The van der Waals surface area contributed by atoms with Crippen molar-refractivity contribution in [3.63, 3.8) is 0 Å². The Bertz CT molecular complexity index is 3550. The van der Waals surface area contributed by atoms with Crippen LogP contribution in [0.1, 0.15) is 25.0 Å². The smallest absolute Gasteiger partial charge is 0.0547 e. The third-order valence-corrected chi connectivity index (χ3v) is 13.3. The Labute approximate surface area is 368 Å². The predicted octanol–water partition coefficient (Wildman–Crippen LogP) is 17.2. The molecule has 11 aromatic carbocycles. The second kappa shape index (κ2) is 14.6. The van der Waals surface area contributed by atoms with Crippen molar-refractivity contribution in [1.29, 1.82) is 0 Å². The zero-order valence-corrected chi connectivity index (χ0v) is 35.3. The van der Waals surface area contributed by atoms with Gasteiger partial charge in [0.1, 0.15) is 0 Å². The zero-order valence-electron chi connectivity index (χ0n) is 35.3. The molecule has 0 amide bonds. The average molecular weight is 805 g/mol. The van der Waals surface area contributed by atoms with Crippen molar-refractivity contribution in [1.82, 2.24) is 0 Å². The molecule has 0 aliphatic heterocycles. The van der Waals surface area contributed by atoms with Crippen molar-refractivity contribution >= 4 is 77.2 Å². The Morgan fingerprint density at radius 1 is 0.286 bits per heavy atom. The van der Waals surface area contributed by atoms with Gasteiger partial charge in [-0.3, -0.25) is 0 Å². The number of benzene rings is 11. The molecule has 0 saturated carbocycles. The predicted molar refractivity (Wildman–Crippen MR) is 269 cm³/mol. The minimum absolute atomic E-state index is 0.183. The fraction of sp³-hybridized carbons (Fsp3) is 0.0492. The van der Waals surface area contributed by atoms with Crippen LogP contribution in [0.15, 0.2) is 231 Å². The molecule has 0 saturated heterocycles. The van der Waals surface area contributed by atoms with E-state index in [-0.39, 0.29) is 5.41 Å². The first-order valence-corrected chi connectivity index (χ1v) is 21.9. The molecule has 1 aliphatic rings. The second-order valence-electron chi connectivity index (χ2n) is 17.4. The van der Waals surface area contributed by atoms with E-state index < -0.39 is 0 Å². The molecule has 63 heavy (non-hydrogen) atoms. The summed E-state index contributed by atoms with van der Waals surface area (Å²) in [6.07, 6.45) is 0. The Balaban J connectivity index is 1.11. The molecule has 298 valence electrons. The van der Waals surface area contributed by atoms with E-state index in [0.717, 1.165) is 34.1 Å². The summed E-state index contributed by atoms with van der Waals surface area (Å²) in [5, 5.41) is 9.80. The Kier molecular flexibility index (Phi) is 8.55. The lowest BCUT2D eigenvalue weighted by atomic mass is 9.81. The van der Waals surface area contributed by atoms with Crippen LogP contribution in [0.2, 0.25) is 0 Å². The standard InChI is InChI=1S/C61H44N2/c1-61(2)57-37-45-22-12-11-21-44(45)36-55(57)54-34-32-50(40-58(54)61)62(48-30-29-41-17-9-10-20-43(41)35-48)49-31-33-53-51-26-14-13-23-46(51)38-60(56(53)39-49)63(47-24-7-4-8-25-47)59-28-16-15-27-52(59)42-18-5-3-6-19-42/h3-40H,1-2H3. The fourth-order valence-electron chi connectivity index (χ4n) is 10.2. The molecular weight excluding hydrogens is 761 g/mol. The van der Waals surface area contributed by atoms with Gasteiger partial charge in [0, 0.05) is 39.1 Å². The third-order valence-electron chi connectivity index (χ3n) is 13.3. The van der Waals surface area contributed by atoms with Crippen molar-refractivity contribution in [2.45, 2.75) is 19.3 Å². The molecule has 0 fully saturated rings. The summed E-state index contributed by atoms with van der Waals surface area (Å²) in [4.78, 5) is 4.92. The highest BCUT2D eigenvalue weighted by Crippen LogP contribution is 2.53. The monoisotopic (exact) mass is 804 g/mol. The molecule has 0 N–H and O–H groups in total. The molecule has 0 aromatic heterocycles. The molecular formula is C61H44N2. The maximum Gasteiger partial charge on any atom is 0.0547 e. The van der Waals surface area contributed by atoms with Gasteiger partial charge in [-0.15, -0.1) is 0 Å². The third kappa shape index (κ3) is 6.09. The lowest BCUT2D eigenvalue weighted by Gasteiger charge is -2.31. The fourth-order valence-corrected chi connectivity index (χ4v) is 10.2. The molecule has 1 aliphatic carbocycles. The largest absolute Gasteiger partial charge is 0.310 e. The van der Waals surface area contributed by atoms with Gasteiger partial charge < -0.3 is 9.80 Å². The summed E-state index contributed by atoms with van der Waals surface area (Å²) in [5.41, 5.74) is 14.2. The van der Waals surface area contributed by atoms with Gasteiger partial charge in [-0.1, -0.05) is 172 Å². The van der Waals surface area contributed by atoms with Crippen LogP contribution in [0.5, 0.6) is 0 Å². The van der Waals surface area contributed by atoms with Gasteiger partial charge >= 0.3 is 0 Å². The van der Waals surface area contributed by atoms with Gasteiger partial charge in [0.25, 0.3) is 0 Å². The molecule has 0 atom stereocenters. The van der Waals surface area contributed by atoms with Crippen molar-refractivity contribution in [3.8, 4) is 22.3 Å².